The summed E-state index contributed by atoms with van der Waals surface area (Å²) in [5.41, 5.74) is 0. The maximum atomic E-state index is 9.44. The van der Waals surface area contributed by atoms with Crippen molar-refractivity contribution in [3.05, 3.63) is 0 Å². The molecule has 0 bridgehead atoms. The average Bonchev–Trinajstić information content (AvgIpc) is 2.26. The van der Waals surface area contributed by atoms with Gasteiger partial charge < -0.3 is 9.59 Å². The van der Waals surface area contributed by atoms with Crippen molar-refractivity contribution in [3.8, 4) is 0 Å². The fourth-order valence-corrected chi connectivity index (χ4v) is 1.88. The summed E-state index contributed by atoms with van der Waals surface area (Å²) in [5, 5.41) is 0. The van der Waals surface area contributed by atoms with Gasteiger partial charge in [0.1, 0.15) is 11.6 Å². The van der Waals surface area contributed by atoms with E-state index in [0.717, 1.165) is 13.2 Å². The van der Waals surface area contributed by atoms with Crippen LogP contribution < -0.4 is 0 Å². The molecule has 0 aliphatic rings. The molecule has 0 saturated carbocycles. The van der Waals surface area contributed by atoms with Crippen molar-refractivity contribution in [1.29, 1.82) is 0 Å². The van der Waals surface area contributed by atoms with Crippen molar-refractivity contribution in [3.63, 3.8) is 0 Å². The van der Waals surface area contributed by atoms with Gasteiger partial charge in [0.25, 0.3) is 0 Å². The molecule has 114 valence electrons. The second-order valence-corrected chi connectivity index (χ2v) is 6.13. The van der Waals surface area contributed by atoms with E-state index < -0.39 is 24.1 Å². The van der Waals surface area contributed by atoms with Crippen LogP contribution in [0.3, 0.4) is 0 Å². The first-order valence-electron chi connectivity index (χ1n) is 6.81. The second-order valence-electron chi connectivity index (χ2n) is 4.30. The van der Waals surface area contributed by atoms with Crippen LogP contribution in [-0.4, -0.2) is 24.8 Å². The average molecular weight is 354 g/mol. The number of unbranched alkanes of at least 4 members (excludes halogenated alkanes) is 2. The number of carbonyl (C=O) groups is 2. The summed E-state index contributed by atoms with van der Waals surface area (Å²) in [5.74, 6) is 0.333. The molecule has 5 heteroatoms. The summed E-state index contributed by atoms with van der Waals surface area (Å²) in [6.07, 6.45) is 4.79. The summed E-state index contributed by atoms with van der Waals surface area (Å²) in [6.45, 7) is 12.3. The molecule has 4 nitrogen and oxygen atoms in total. The molecule has 0 aromatic rings. The molecule has 0 aliphatic carbocycles. The van der Waals surface area contributed by atoms with Crippen molar-refractivity contribution in [1.82, 2.24) is 0 Å². The van der Waals surface area contributed by atoms with E-state index in [-0.39, 0.29) is 11.6 Å². The van der Waals surface area contributed by atoms with E-state index in [1.807, 2.05) is 0 Å². The molecule has 0 amide bonds. The Morgan fingerprint density at radius 2 is 1.05 bits per heavy atom. The first-order chi connectivity index (χ1) is 8.88. The van der Waals surface area contributed by atoms with Gasteiger partial charge in [-0.3, -0.25) is 0 Å². The summed E-state index contributed by atoms with van der Waals surface area (Å²) < 4.78 is 10.7. The molecule has 19 heavy (non-hydrogen) atoms. The quantitative estimate of drug-likeness (QED) is 0.624. The Hall–Kier alpha value is 0.143. The predicted octanol–water partition coefficient (Wildman–Crippen LogP) is 3.72. The number of ketones is 2. The molecule has 0 unspecified atom stereocenters. The molecule has 0 aromatic heterocycles. The van der Waals surface area contributed by atoms with Crippen LogP contribution in [0.15, 0.2) is 0 Å². The van der Waals surface area contributed by atoms with Gasteiger partial charge in [-0.2, -0.15) is 0 Å². The minimum absolute atomic E-state index is 0.167. The topological polar surface area (TPSA) is 52.6 Å². The van der Waals surface area contributed by atoms with Crippen LogP contribution in [0.25, 0.3) is 0 Å². The van der Waals surface area contributed by atoms with E-state index in [1.165, 1.54) is 53.4 Å². The van der Waals surface area contributed by atoms with Crippen LogP contribution in [0.4, 0.5) is 0 Å². The third-order valence-corrected chi connectivity index (χ3v) is 2.90. The van der Waals surface area contributed by atoms with Crippen LogP contribution in [0.1, 0.15) is 67.2 Å². The van der Waals surface area contributed by atoms with Crippen LogP contribution in [0, 0.1) is 0 Å². The monoisotopic (exact) mass is 352 g/mol. The Morgan fingerprint density at radius 1 is 0.789 bits per heavy atom. The van der Waals surface area contributed by atoms with Crippen molar-refractivity contribution in [2.24, 2.45) is 0 Å². The third-order valence-electron chi connectivity index (χ3n) is 1.32. The molecule has 0 aliphatic heterocycles. The van der Waals surface area contributed by atoms with Gasteiger partial charge in [0.15, 0.2) is 0 Å². The molecule has 0 N–H and O–H groups in total. The molecular formula is C14H30O4Zr. The SMILES string of the molecule is CC(C)=O.CC(C)=O.CCCC[O][Zr][O]CCCC. The molecule has 0 spiro atoms. The second kappa shape index (κ2) is 23.3. The normalized spacial score (nSPS) is 8.53. The van der Waals surface area contributed by atoms with Gasteiger partial charge >= 0.3 is 82.5 Å². The summed E-state index contributed by atoms with van der Waals surface area (Å²) >= 11 is -0.876. The molecule has 0 rings (SSSR count). The molecule has 0 radical (unpaired) electrons. The summed E-state index contributed by atoms with van der Waals surface area (Å²) in [4.78, 5) is 18.9. The van der Waals surface area contributed by atoms with Crippen LogP contribution in [-0.2, 0) is 39.3 Å². The molecule has 0 saturated heterocycles. The van der Waals surface area contributed by atoms with E-state index in [1.54, 1.807) is 0 Å². The Labute approximate surface area is 131 Å². The van der Waals surface area contributed by atoms with E-state index in [2.05, 4.69) is 13.8 Å². The Kier molecular flexibility index (Phi) is 29.6. The third kappa shape index (κ3) is 71.3. The van der Waals surface area contributed by atoms with E-state index in [4.69, 9.17) is 5.63 Å². The summed E-state index contributed by atoms with van der Waals surface area (Å²) in [6, 6.07) is 0. The number of Topliss-reactive ketones (excluding diaryl/α,β-unsaturated/α-hetero) is 2. The van der Waals surface area contributed by atoms with E-state index in [0.29, 0.717) is 0 Å². The number of carbonyl (C=O) groups excluding carboxylic acids is 2. The van der Waals surface area contributed by atoms with Crippen molar-refractivity contribution < 1.29 is 39.3 Å². The van der Waals surface area contributed by atoms with Crippen molar-refractivity contribution in [2.75, 3.05) is 13.2 Å². The molecule has 0 heterocycles. The van der Waals surface area contributed by atoms with E-state index >= 15 is 0 Å². The first-order valence-corrected chi connectivity index (χ1v) is 8.82. The fraction of sp³-hybridized carbons (Fsp3) is 0.857. The maximum absolute atomic E-state index is 9.44. The number of hydrogen-bond donors (Lipinski definition) is 0. The van der Waals surface area contributed by atoms with Gasteiger partial charge in [-0.25, -0.2) is 0 Å². The van der Waals surface area contributed by atoms with Gasteiger partial charge in [0.05, 0.1) is 0 Å². The summed E-state index contributed by atoms with van der Waals surface area (Å²) in [7, 11) is 0. The first kappa shape index (κ1) is 24.2. The Balaban J connectivity index is -0.000000264. The molecular weight excluding hydrogens is 323 g/mol. The molecule has 0 fully saturated rings. The van der Waals surface area contributed by atoms with Gasteiger partial charge in [0, 0.05) is 0 Å². The molecule has 0 atom stereocenters. The number of rotatable bonds is 8. The zero-order valence-corrected chi connectivity index (χ0v) is 15.8. The molecule has 0 aromatic carbocycles. The standard InChI is InChI=1S/2C4H9O.2C3H6O.Zr/c2*1-2-3-4-5;2*1-3(2)4;/h2*2-4H2,1H3;2*1-2H3;/q2*-1;;;+2. The Bertz CT molecular complexity index is 168. The van der Waals surface area contributed by atoms with Gasteiger partial charge in [0.2, 0.25) is 0 Å². The van der Waals surface area contributed by atoms with Crippen molar-refractivity contribution in [2.45, 2.75) is 67.2 Å². The van der Waals surface area contributed by atoms with Gasteiger partial charge in [-0.1, -0.05) is 0 Å². The minimum atomic E-state index is -0.876. The zero-order chi connectivity index (χ0) is 15.5. The van der Waals surface area contributed by atoms with Crippen molar-refractivity contribution >= 4 is 11.6 Å². The predicted molar refractivity (Wildman–Crippen MR) is 74.4 cm³/mol. The van der Waals surface area contributed by atoms with Gasteiger partial charge in [-0.05, 0) is 27.7 Å². The fourth-order valence-electron chi connectivity index (χ4n) is 0.558. The van der Waals surface area contributed by atoms with E-state index in [9.17, 15) is 9.59 Å². The zero-order valence-electron chi connectivity index (χ0n) is 13.4. The van der Waals surface area contributed by atoms with Crippen LogP contribution in [0.5, 0.6) is 0 Å². The van der Waals surface area contributed by atoms with Crippen LogP contribution >= 0.6 is 0 Å². The van der Waals surface area contributed by atoms with Gasteiger partial charge in [-0.15, -0.1) is 0 Å². The van der Waals surface area contributed by atoms with Crippen LogP contribution in [0.2, 0.25) is 0 Å². The Morgan fingerprint density at radius 3 is 1.26 bits per heavy atom. The number of hydrogen-bond acceptors (Lipinski definition) is 4.